The van der Waals surface area contributed by atoms with E-state index in [1.807, 2.05) is 81.6 Å². The summed E-state index contributed by atoms with van der Waals surface area (Å²) in [6, 6.07) is 62.6. The van der Waals surface area contributed by atoms with E-state index in [9.17, 15) is 4.79 Å². The number of alkyl halides is 2. The molecule has 2 fully saturated rings. The predicted octanol–water partition coefficient (Wildman–Crippen LogP) is 16.9. The van der Waals surface area contributed by atoms with E-state index in [0.717, 1.165) is 140 Å². The molecule has 14 heteroatoms. The number of rotatable bonds is 7. The Hall–Kier alpha value is -8.55. The Morgan fingerprint density at radius 2 is 0.988 bits per heavy atom. The highest BCUT2D eigenvalue weighted by molar-refractivity contribution is 6.40. The molecule has 0 unspecified atom stereocenters. The number of nitrogens with two attached hydrogens (primary N) is 1. The van der Waals surface area contributed by atoms with Gasteiger partial charge in [-0.05, 0) is 119 Å². The minimum absolute atomic E-state index is 0. The second-order valence-corrected chi connectivity index (χ2v) is 22.4. The van der Waals surface area contributed by atoms with Gasteiger partial charge in [0.1, 0.15) is 17.2 Å². The Labute approximate surface area is 483 Å². The fraction of sp³-hybridized carbons (Fsp3) is 0.209. The van der Waals surface area contributed by atoms with Crippen molar-refractivity contribution in [1.82, 2.24) is 34.4 Å². The molecular formula is C67H64Cl2N10O2. The Morgan fingerprint density at radius 3 is 1.40 bits per heavy atom. The van der Waals surface area contributed by atoms with E-state index in [0.29, 0.717) is 0 Å². The van der Waals surface area contributed by atoms with Crippen LogP contribution >= 0.6 is 23.2 Å². The van der Waals surface area contributed by atoms with Crippen LogP contribution in [0.1, 0.15) is 77.8 Å². The fourth-order valence-corrected chi connectivity index (χ4v) is 11.2. The quantitative estimate of drug-likeness (QED) is 0.114. The molecule has 2 aliphatic heterocycles. The van der Waals surface area contributed by atoms with Gasteiger partial charge in [0.15, 0.2) is 11.6 Å². The number of alkyl carbamates (subject to hydrolysis) is 1. The molecule has 14 rings (SSSR count). The lowest BCUT2D eigenvalue weighted by molar-refractivity contribution is 0.0377. The third-order valence-electron chi connectivity index (χ3n) is 15.4. The number of hydrogen-bond donors (Lipinski definition) is 4. The van der Waals surface area contributed by atoms with Crippen LogP contribution in [0.2, 0.25) is 0 Å². The molecule has 2 aliphatic carbocycles. The third-order valence-corrected chi connectivity index (χ3v) is 15.4. The zero-order valence-corrected chi connectivity index (χ0v) is 46.3. The number of fused-ring (bicyclic) bond motifs is 10. The first-order valence-corrected chi connectivity index (χ1v) is 28.1. The highest BCUT2D eigenvalue weighted by Crippen LogP contribution is 2.48. The minimum Gasteiger partial charge on any atom is -0.444 e. The molecule has 0 atom stereocenters. The van der Waals surface area contributed by atoms with E-state index in [1.54, 1.807) is 6.20 Å². The van der Waals surface area contributed by atoms with Gasteiger partial charge in [-0.1, -0.05) is 141 Å². The Kier molecular flexibility index (Phi) is 15.1. The standard InChI is InChI=1S/C35H33N5O2.C30H25N5.CH2Cl2.CH4/c1-34(2,3)42-33(41)39-35(20-10-21-35)25-18-16-24(17-19-25)30-29(23-11-5-4-6-12-23)38-32-26-13-7-8-14-27(26)37-31-28(40(30)32)15-9-22-36-31;31-30(17-7-18-30)22-15-13-21(14-16-22)27-26(20-8-2-1-3-9-20)34-29-23-10-4-5-11-24(23)33-28-25(35(27)29)12-6-19-32-28;2-1-3;/h4-9,11-19,22H,10,20-21H2,1-3H3,(H,36,37)(H,39,41);1-6,8-16,19H,7,17-18,31H2,(H,32,33);1H2;1H4. The van der Waals surface area contributed by atoms with Gasteiger partial charge in [0.25, 0.3) is 0 Å². The molecule has 4 aliphatic rings. The summed E-state index contributed by atoms with van der Waals surface area (Å²) < 4.78 is 10.1. The van der Waals surface area contributed by atoms with Crippen molar-refractivity contribution in [2.24, 2.45) is 5.73 Å². The second kappa shape index (κ2) is 22.5. The maximum atomic E-state index is 12.7. The minimum atomic E-state index is -0.550. The number of carbonyl (C=O) groups excluding carboxylic acids is 1. The van der Waals surface area contributed by atoms with Crippen molar-refractivity contribution in [3.05, 3.63) is 206 Å². The lowest BCUT2D eigenvalue weighted by Gasteiger charge is -2.43. The van der Waals surface area contributed by atoms with Crippen LogP contribution < -0.4 is 21.7 Å². The van der Waals surface area contributed by atoms with Crippen LogP contribution in [0.15, 0.2) is 194 Å². The van der Waals surface area contributed by atoms with Crippen LogP contribution in [-0.2, 0) is 15.8 Å². The molecule has 5 N–H and O–H groups in total. The molecule has 12 nitrogen and oxygen atoms in total. The van der Waals surface area contributed by atoms with E-state index in [1.165, 1.54) is 12.0 Å². The van der Waals surface area contributed by atoms with Gasteiger partial charge in [0.2, 0.25) is 0 Å². The number of imidazole rings is 2. The van der Waals surface area contributed by atoms with E-state index < -0.39 is 11.1 Å². The Balaban J connectivity index is 0.000000163. The van der Waals surface area contributed by atoms with Crippen molar-refractivity contribution in [2.45, 2.75) is 83.4 Å². The van der Waals surface area contributed by atoms with E-state index in [2.05, 4.69) is 157 Å². The van der Waals surface area contributed by atoms with E-state index >= 15 is 0 Å². The largest absolute Gasteiger partial charge is 0.444 e. The van der Waals surface area contributed by atoms with E-state index in [-0.39, 0.29) is 24.4 Å². The number of hydrogen-bond acceptors (Lipinski definition) is 9. The summed E-state index contributed by atoms with van der Waals surface area (Å²) in [7, 11) is 0. The van der Waals surface area contributed by atoms with Crippen LogP contribution in [0.3, 0.4) is 0 Å². The molecule has 1 amide bonds. The number of para-hydroxylation sites is 2. The number of carbonyl (C=O) groups is 1. The lowest BCUT2D eigenvalue weighted by Crippen LogP contribution is -2.52. The summed E-state index contributed by atoms with van der Waals surface area (Å²) in [5.41, 5.74) is 21.8. The molecule has 4 aromatic heterocycles. The van der Waals surface area contributed by atoms with Crippen molar-refractivity contribution >= 4 is 52.3 Å². The van der Waals surface area contributed by atoms with Gasteiger partial charge in [-0.3, -0.25) is 9.13 Å². The smallest absolute Gasteiger partial charge is 0.408 e. The molecule has 6 heterocycles. The summed E-state index contributed by atoms with van der Waals surface area (Å²) in [5.74, 6) is 3.33. The van der Waals surface area contributed by atoms with Gasteiger partial charge < -0.3 is 26.4 Å². The summed E-state index contributed by atoms with van der Waals surface area (Å²) >= 11 is 9.53. The van der Waals surface area contributed by atoms with E-state index in [4.69, 9.17) is 48.6 Å². The average molecular weight is 1110 g/mol. The Morgan fingerprint density at radius 1 is 0.568 bits per heavy atom. The summed E-state index contributed by atoms with van der Waals surface area (Å²) in [6.07, 6.45) is 9.35. The molecule has 0 bridgehead atoms. The maximum absolute atomic E-state index is 12.7. The highest BCUT2D eigenvalue weighted by Gasteiger charge is 2.42. The molecule has 2 saturated carbocycles. The van der Waals surface area contributed by atoms with Gasteiger partial charge in [-0.15, -0.1) is 23.2 Å². The molecule has 408 valence electrons. The van der Waals surface area contributed by atoms with Gasteiger partial charge in [-0.2, -0.15) is 0 Å². The number of halogens is 2. The van der Waals surface area contributed by atoms with Crippen LogP contribution in [-0.4, -0.2) is 46.1 Å². The second-order valence-electron chi connectivity index (χ2n) is 21.6. The summed E-state index contributed by atoms with van der Waals surface area (Å²) in [5, 5.41) is 10.4. The molecule has 0 radical (unpaired) electrons. The van der Waals surface area contributed by atoms with Gasteiger partial charge in [-0.25, -0.2) is 24.7 Å². The highest BCUT2D eigenvalue weighted by atomic mass is 35.5. The van der Waals surface area contributed by atoms with Gasteiger partial charge in [0.05, 0.1) is 56.4 Å². The van der Waals surface area contributed by atoms with Crippen molar-refractivity contribution < 1.29 is 9.53 Å². The molecule has 6 aromatic carbocycles. The first-order valence-electron chi connectivity index (χ1n) is 27.1. The van der Waals surface area contributed by atoms with Crippen molar-refractivity contribution in [3.63, 3.8) is 0 Å². The number of aromatic nitrogens is 6. The third kappa shape index (κ3) is 10.5. The number of benzene rings is 6. The van der Waals surface area contributed by atoms with Crippen LogP contribution in [0.25, 0.3) is 79.2 Å². The molecule has 0 saturated heterocycles. The first-order chi connectivity index (χ1) is 38.9. The van der Waals surface area contributed by atoms with Gasteiger partial charge in [0, 0.05) is 51.3 Å². The number of nitrogens with zero attached hydrogens (tertiary/aromatic N) is 6. The van der Waals surface area contributed by atoms with Gasteiger partial charge >= 0.3 is 6.09 Å². The maximum Gasteiger partial charge on any atom is 0.408 e. The van der Waals surface area contributed by atoms with Crippen LogP contribution in [0, 0.1) is 0 Å². The molecule has 81 heavy (non-hydrogen) atoms. The summed E-state index contributed by atoms with van der Waals surface area (Å²) in [4.78, 5) is 32.7. The number of nitrogens with one attached hydrogen (secondary N) is 3. The van der Waals surface area contributed by atoms with Crippen molar-refractivity contribution in [3.8, 4) is 79.2 Å². The fourth-order valence-electron chi connectivity index (χ4n) is 11.2. The first kappa shape index (κ1) is 54.4. The van der Waals surface area contributed by atoms with Crippen LogP contribution in [0.4, 0.5) is 27.8 Å². The number of amides is 1. The normalized spacial score (nSPS) is 14.4. The number of anilines is 4. The summed E-state index contributed by atoms with van der Waals surface area (Å²) in [6.45, 7) is 5.65. The number of ether oxygens (including phenoxy) is 1. The monoisotopic (exact) mass is 1110 g/mol. The SMILES string of the molecule is C.CC(C)(C)OC(=O)NC1(c2ccc(-c3c(-c4ccccc4)nc4n3-c3cccnc3Nc3ccccc3-4)cc2)CCC1.ClCCl.NC1(c2ccc(-c3c(-c4ccccc4)nc4n3-c3cccnc3Nc3ccccc3-4)cc2)CCC1. The zero-order chi connectivity index (χ0) is 55.0. The molecule has 10 aromatic rings. The molecular weight excluding hydrogens is 1050 g/mol. The Bertz CT molecular complexity index is 3860. The van der Waals surface area contributed by atoms with Crippen molar-refractivity contribution in [2.75, 3.05) is 16.0 Å². The zero-order valence-electron chi connectivity index (χ0n) is 44.8. The average Bonchev–Trinajstić information content (AvgIpc) is 4.17. The predicted molar refractivity (Wildman–Crippen MR) is 330 cm³/mol. The topological polar surface area (TPSA) is 150 Å². The number of pyridine rings is 2. The van der Waals surface area contributed by atoms with Crippen LogP contribution in [0.5, 0.6) is 0 Å². The molecule has 0 spiro atoms. The van der Waals surface area contributed by atoms with Crippen molar-refractivity contribution in [1.29, 1.82) is 0 Å². The lowest BCUT2D eigenvalue weighted by atomic mass is 9.71.